The summed E-state index contributed by atoms with van der Waals surface area (Å²) in [5.41, 5.74) is 1.38. The van der Waals surface area contributed by atoms with Gasteiger partial charge >= 0.3 is 0 Å². The van der Waals surface area contributed by atoms with Gasteiger partial charge < -0.3 is 20.6 Å². The topological polar surface area (TPSA) is 63.1 Å². The second kappa shape index (κ2) is 13.5. The summed E-state index contributed by atoms with van der Waals surface area (Å²) in [5.74, 6) is 0.945. The lowest BCUT2D eigenvalue weighted by atomic mass is 10.1. The molecule has 2 aliphatic heterocycles. The quantitative estimate of drug-likeness (QED) is 0.209. The number of piperidine rings is 1. The van der Waals surface area contributed by atoms with E-state index >= 15 is 0 Å². The molecule has 1 aromatic rings. The minimum absolute atomic E-state index is 0. The van der Waals surface area contributed by atoms with Crippen molar-refractivity contribution in [2.24, 2.45) is 4.99 Å². The number of benzene rings is 1. The molecule has 0 aliphatic carbocycles. The number of aliphatic hydroxyl groups is 1. The highest BCUT2D eigenvalue weighted by Gasteiger charge is 2.29. The van der Waals surface area contributed by atoms with Gasteiger partial charge in [0.1, 0.15) is 0 Å². The Kier molecular flexibility index (Phi) is 11.4. The average molecular weight is 530 g/mol. The summed E-state index contributed by atoms with van der Waals surface area (Å²) in [6.07, 6.45) is 3.94. The summed E-state index contributed by atoms with van der Waals surface area (Å²) >= 11 is 0. The molecular weight excluding hydrogens is 489 g/mol. The molecule has 30 heavy (non-hydrogen) atoms. The number of aliphatic hydroxyl groups excluding tert-OH is 1. The SMILES string of the molecule is CCNC(=NCCCN1CCC(O)CC1)NC1CC(C)N(Cc2ccccc2)C1.I. The van der Waals surface area contributed by atoms with Crippen LogP contribution in [0, 0.1) is 0 Å². The van der Waals surface area contributed by atoms with Crippen LogP contribution in [0.3, 0.4) is 0 Å². The summed E-state index contributed by atoms with van der Waals surface area (Å²) in [7, 11) is 0. The van der Waals surface area contributed by atoms with Gasteiger partial charge in [0.15, 0.2) is 5.96 Å². The zero-order chi connectivity index (χ0) is 20.5. The van der Waals surface area contributed by atoms with Crippen molar-refractivity contribution in [3.8, 4) is 0 Å². The Morgan fingerprint density at radius 2 is 1.93 bits per heavy atom. The third-order valence-corrected chi connectivity index (χ3v) is 6.08. The van der Waals surface area contributed by atoms with Crippen LogP contribution in [0.4, 0.5) is 0 Å². The normalized spacial score (nSPS) is 23.9. The Bertz CT molecular complexity index is 621. The van der Waals surface area contributed by atoms with Crippen molar-refractivity contribution in [3.05, 3.63) is 35.9 Å². The van der Waals surface area contributed by atoms with Gasteiger partial charge in [0.2, 0.25) is 0 Å². The lowest BCUT2D eigenvalue weighted by Gasteiger charge is -2.29. The smallest absolute Gasteiger partial charge is 0.191 e. The maximum Gasteiger partial charge on any atom is 0.191 e. The van der Waals surface area contributed by atoms with E-state index in [2.05, 4.69) is 64.6 Å². The Balaban J connectivity index is 0.00000320. The number of nitrogens with one attached hydrogen (secondary N) is 2. The molecule has 3 rings (SSSR count). The zero-order valence-corrected chi connectivity index (χ0v) is 20.9. The molecule has 0 radical (unpaired) electrons. The highest BCUT2D eigenvalue weighted by Crippen LogP contribution is 2.20. The van der Waals surface area contributed by atoms with Crippen LogP contribution in [0.25, 0.3) is 0 Å². The highest BCUT2D eigenvalue weighted by molar-refractivity contribution is 14.0. The van der Waals surface area contributed by atoms with Gasteiger partial charge in [-0.15, -0.1) is 24.0 Å². The summed E-state index contributed by atoms with van der Waals surface area (Å²) in [6, 6.07) is 11.8. The summed E-state index contributed by atoms with van der Waals surface area (Å²) in [4.78, 5) is 9.81. The number of guanidine groups is 1. The van der Waals surface area contributed by atoms with Crippen LogP contribution in [-0.4, -0.2) is 78.3 Å². The minimum atomic E-state index is -0.0934. The first kappa shape index (κ1) is 25.4. The molecular formula is C23H40IN5O. The lowest BCUT2D eigenvalue weighted by Crippen LogP contribution is -2.44. The Morgan fingerprint density at radius 1 is 1.20 bits per heavy atom. The first-order valence-electron chi connectivity index (χ1n) is 11.4. The number of likely N-dealkylation sites (tertiary alicyclic amines) is 2. The van der Waals surface area contributed by atoms with Gasteiger partial charge in [0.05, 0.1) is 6.10 Å². The number of nitrogens with zero attached hydrogens (tertiary/aromatic N) is 3. The van der Waals surface area contributed by atoms with E-state index in [0.717, 1.165) is 77.5 Å². The zero-order valence-electron chi connectivity index (χ0n) is 18.6. The maximum absolute atomic E-state index is 9.62. The van der Waals surface area contributed by atoms with Crippen LogP contribution in [0.5, 0.6) is 0 Å². The van der Waals surface area contributed by atoms with E-state index in [1.165, 1.54) is 5.56 Å². The number of hydrogen-bond donors (Lipinski definition) is 3. The van der Waals surface area contributed by atoms with Gasteiger partial charge in [-0.3, -0.25) is 9.89 Å². The molecule has 0 bridgehead atoms. The van der Waals surface area contributed by atoms with E-state index in [9.17, 15) is 5.11 Å². The van der Waals surface area contributed by atoms with Crippen molar-refractivity contribution in [3.63, 3.8) is 0 Å². The van der Waals surface area contributed by atoms with Crippen molar-refractivity contribution in [2.75, 3.05) is 39.3 Å². The molecule has 7 heteroatoms. The molecule has 0 amide bonds. The van der Waals surface area contributed by atoms with Gasteiger partial charge in [-0.2, -0.15) is 0 Å². The van der Waals surface area contributed by atoms with E-state index in [-0.39, 0.29) is 30.1 Å². The monoisotopic (exact) mass is 529 g/mol. The highest BCUT2D eigenvalue weighted by atomic mass is 127. The molecule has 2 atom stereocenters. The van der Waals surface area contributed by atoms with Crippen LogP contribution in [-0.2, 0) is 6.54 Å². The second-order valence-corrected chi connectivity index (χ2v) is 8.53. The molecule has 2 unspecified atom stereocenters. The fourth-order valence-electron chi connectivity index (χ4n) is 4.38. The van der Waals surface area contributed by atoms with E-state index < -0.39 is 0 Å². The van der Waals surface area contributed by atoms with Crippen molar-refractivity contribution in [2.45, 2.75) is 64.3 Å². The van der Waals surface area contributed by atoms with Crippen LogP contribution < -0.4 is 10.6 Å². The molecule has 0 aromatic heterocycles. The molecule has 2 fully saturated rings. The Labute approximate surface area is 199 Å². The van der Waals surface area contributed by atoms with Gasteiger partial charge in [-0.1, -0.05) is 30.3 Å². The van der Waals surface area contributed by atoms with Crippen LogP contribution >= 0.6 is 24.0 Å². The second-order valence-electron chi connectivity index (χ2n) is 8.53. The number of halogens is 1. The molecule has 0 saturated carbocycles. The van der Waals surface area contributed by atoms with E-state index in [1.54, 1.807) is 0 Å². The van der Waals surface area contributed by atoms with Crippen molar-refractivity contribution in [1.29, 1.82) is 0 Å². The van der Waals surface area contributed by atoms with Crippen molar-refractivity contribution >= 4 is 29.9 Å². The predicted molar refractivity (Wildman–Crippen MR) is 136 cm³/mol. The molecule has 6 nitrogen and oxygen atoms in total. The number of hydrogen-bond acceptors (Lipinski definition) is 4. The van der Waals surface area contributed by atoms with Gasteiger partial charge in [-0.05, 0) is 51.6 Å². The fourth-order valence-corrected chi connectivity index (χ4v) is 4.38. The third-order valence-electron chi connectivity index (χ3n) is 6.08. The standard InChI is InChI=1S/C23H39N5O.HI/c1-3-24-23(25-12-7-13-27-14-10-22(29)11-15-27)26-21-16-19(2)28(18-21)17-20-8-5-4-6-9-20;/h4-6,8-9,19,21-22,29H,3,7,10-18H2,1-2H3,(H2,24,25,26);1H. The molecule has 1 aromatic carbocycles. The van der Waals surface area contributed by atoms with Crippen LogP contribution in [0.2, 0.25) is 0 Å². The maximum atomic E-state index is 9.62. The van der Waals surface area contributed by atoms with Gasteiger partial charge in [-0.25, -0.2) is 0 Å². The van der Waals surface area contributed by atoms with Gasteiger partial charge in [0, 0.05) is 51.4 Å². The van der Waals surface area contributed by atoms with Crippen molar-refractivity contribution in [1.82, 2.24) is 20.4 Å². The summed E-state index contributed by atoms with van der Waals surface area (Å²) in [5, 5.41) is 16.7. The van der Waals surface area contributed by atoms with E-state index in [0.29, 0.717) is 12.1 Å². The number of aliphatic imine (C=N–C) groups is 1. The Hall–Kier alpha value is -0.900. The fraction of sp³-hybridized carbons (Fsp3) is 0.696. The first-order valence-corrected chi connectivity index (χ1v) is 11.4. The first-order chi connectivity index (χ1) is 14.1. The van der Waals surface area contributed by atoms with Crippen molar-refractivity contribution < 1.29 is 5.11 Å². The largest absolute Gasteiger partial charge is 0.393 e. The third kappa shape index (κ3) is 8.32. The molecule has 0 spiro atoms. The van der Waals surface area contributed by atoms with Crippen LogP contribution in [0.1, 0.15) is 45.1 Å². The van der Waals surface area contributed by atoms with Gasteiger partial charge in [0.25, 0.3) is 0 Å². The molecule has 2 saturated heterocycles. The van der Waals surface area contributed by atoms with E-state index in [1.807, 2.05) is 0 Å². The average Bonchev–Trinajstić information content (AvgIpc) is 3.06. The molecule has 3 N–H and O–H groups in total. The van der Waals surface area contributed by atoms with Crippen LogP contribution in [0.15, 0.2) is 35.3 Å². The Morgan fingerprint density at radius 3 is 2.63 bits per heavy atom. The molecule has 2 aliphatic rings. The molecule has 2 heterocycles. The minimum Gasteiger partial charge on any atom is -0.393 e. The summed E-state index contributed by atoms with van der Waals surface area (Å²) in [6.45, 7) is 11.3. The number of rotatable bonds is 8. The lowest BCUT2D eigenvalue weighted by molar-refractivity contribution is 0.0824. The summed E-state index contributed by atoms with van der Waals surface area (Å²) < 4.78 is 0. The predicted octanol–water partition coefficient (Wildman–Crippen LogP) is 2.67. The van der Waals surface area contributed by atoms with E-state index in [4.69, 9.17) is 4.99 Å². The molecule has 170 valence electrons.